The monoisotopic (exact) mass is 216 g/mol. The molecule has 1 aromatic carbocycles. The number of aryl methyl sites for hydroxylation is 1. The van der Waals surface area contributed by atoms with Gasteiger partial charge in [0, 0.05) is 5.56 Å². The fourth-order valence-corrected chi connectivity index (χ4v) is 1.33. The first kappa shape index (κ1) is 11.9. The molecule has 0 saturated heterocycles. The number of rotatable bonds is 3. The van der Waals surface area contributed by atoms with Crippen molar-refractivity contribution in [2.45, 2.75) is 25.9 Å². The highest BCUT2D eigenvalue weighted by Gasteiger charge is 2.36. The van der Waals surface area contributed by atoms with Crippen molar-refractivity contribution in [1.82, 2.24) is 0 Å². The van der Waals surface area contributed by atoms with Crippen molar-refractivity contribution in [3.05, 3.63) is 29.3 Å². The smallest absolute Gasteiger partial charge is 0.270 e. The van der Waals surface area contributed by atoms with Gasteiger partial charge in [-0.15, -0.1) is 0 Å². The molecule has 0 aliphatic carbocycles. The van der Waals surface area contributed by atoms with Crippen LogP contribution < -0.4 is 4.74 Å². The lowest BCUT2D eigenvalue weighted by Crippen LogP contribution is -2.30. The lowest BCUT2D eigenvalue weighted by atomic mass is 9.94. The second kappa shape index (κ2) is 4.14. The van der Waals surface area contributed by atoms with Crippen LogP contribution in [0.3, 0.4) is 0 Å². The van der Waals surface area contributed by atoms with E-state index in [0.29, 0.717) is 0 Å². The van der Waals surface area contributed by atoms with Gasteiger partial charge in [-0.05, 0) is 26.0 Å². The lowest BCUT2D eigenvalue weighted by Gasteiger charge is -2.25. The van der Waals surface area contributed by atoms with Gasteiger partial charge in [-0.3, -0.25) is 0 Å². The molecule has 0 aromatic heterocycles. The van der Waals surface area contributed by atoms with E-state index in [1.54, 1.807) is 19.1 Å². The SMILES string of the molecule is COc1ccc(C)cc1C(C)(O)C(F)F. The normalized spacial score (nSPS) is 15.1. The van der Waals surface area contributed by atoms with E-state index < -0.39 is 12.0 Å². The highest BCUT2D eigenvalue weighted by Crippen LogP contribution is 2.34. The second-order valence-corrected chi connectivity index (χ2v) is 3.65. The van der Waals surface area contributed by atoms with Crippen molar-refractivity contribution in [2.24, 2.45) is 0 Å². The Kier molecular flexibility index (Phi) is 3.29. The maximum Gasteiger partial charge on any atom is 0.270 e. The summed E-state index contributed by atoms with van der Waals surface area (Å²) >= 11 is 0. The predicted molar refractivity (Wildman–Crippen MR) is 53.3 cm³/mol. The van der Waals surface area contributed by atoms with Crippen LogP contribution >= 0.6 is 0 Å². The zero-order valence-corrected chi connectivity index (χ0v) is 8.92. The van der Waals surface area contributed by atoms with Crippen LogP contribution in [0, 0.1) is 6.92 Å². The fourth-order valence-electron chi connectivity index (χ4n) is 1.33. The number of benzene rings is 1. The first-order valence-corrected chi connectivity index (χ1v) is 4.55. The molecule has 1 rings (SSSR count). The van der Waals surface area contributed by atoms with Gasteiger partial charge in [0.25, 0.3) is 6.43 Å². The molecule has 0 radical (unpaired) electrons. The molecule has 0 fully saturated rings. The molecule has 1 atom stereocenters. The summed E-state index contributed by atoms with van der Waals surface area (Å²) in [5.74, 6) is 0.269. The van der Waals surface area contributed by atoms with Gasteiger partial charge in [-0.2, -0.15) is 0 Å². The maximum atomic E-state index is 12.6. The summed E-state index contributed by atoms with van der Waals surface area (Å²) < 4.78 is 30.2. The molecular formula is C11H14F2O2. The van der Waals surface area contributed by atoms with Crippen LogP contribution in [0.25, 0.3) is 0 Å². The van der Waals surface area contributed by atoms with Gasteiger partial charge in [0.05, 0.1) is 7.11 Å². The van der Waals surface area contributed by atoms with Gasteiger partial charge in [-0.25, -0.2) is 8.78 Å². The Bertz CT molecular complexity index is 348. The van der Waals surface area contributed by atoms with Crippen LogP contribution in [-0.4, -0.2) is 18.6 Å². The average molecular weight is 216 g/mol. The van der Waals surface area contributed by atoms with Crippen molar-refractivity contribution in [3.8, 4) is 5.75 Å². The Morgan fingerprint density at radius 3 is 2.47 bits per heavy atom. The zero-order valence-electron chi connectivity index (χ0n) is 8.92. The van der Waals surface area contributed by atoms with E-state index in [-0.39, 0.29) is 11.3 Å². The van der Waals surface area contributed by atoms with E-state index >= 15 is 0 Å². The molecule has 2 nitrogen and oxygen atoms in total. The summed E-state index contributed by atoms with van der Waals surface area (Å²) in [6.07, 6.45) is -2.85. The summed E-state index contributed by atoms with van der Waals surface area (Å²) in [4.78, 5) is 0. The average Bonchev–Trinajstić information content (AvgIpc) is 2.17. The highest BCUT2D eigenvalue weighted by molar-refractivity contribution is 5.40. The number of alkyl halides is 2. The lowest BCUT2D eigenvalue weighted by molar-refractivity contribution is -0.0894. The van der Waals surface area contributed by atoms with Crippen LogP contribution in [0.5, 0.6) is 5.75 Å². The van der Waals surface area contributed by atoms with Crippen molar-refractivity contribution in [2.75, 3.05) is 7.11 Å². The fraction of sp³-hybridized carbons (Fsp3) is 0.455. The summed E-state index contributed by atoms with van der Waals surface area (Å²) in [5.41, 5.74) is -1.27. The Hall–Kier alpha value is -1.16. The van der Waals surface area contributed by atoms with Crippen LogP contribution in [0.2, 0.25) is 0 Å². The minimum absolute atomic E-state index is 0.111. The minimum Gasteiger partial charge on any atom is -0.496 e. The van der Waals surface area contributed by atoms with Crippen molar-refractivity contribution in [3.63, 3.8) is 0 Å². The molecule has 0 aliphatic heterocycles. The quantitative estimate of drug-likeness (QED) is 0.841. The number of halogens is 2. The second-order valence-electron chi connectivity index (χ2n) is 3.65. The number of hydrogen-bond donors (Lipinski definition) is 1. The van der Waals surface area contributed by atoms with Crippen molar-refractivity contribution >= 4 is 0 Å². The molecule has 1 N–H and O–H groups in total. The Balaban J connectivity index is 3.28. The molecule has 0 heterocycles. The summed E-state index contributed by atoms with van der Waals surface area (Å²) in [7, 11) is 1.38. The number of ether oxygens (including phenoxy) is 1. The Labute approximate surface area is 87.5 Å². The molecular weight excluding hydrogens is 202 g/mol. The third-order valence-corrected chi connectivity index (χ3v) is 2.33. The van der Waals surface area contributed by atoms with E-state index in [1.807, 2.05) is 0 Å². The minimum atomic E-state index is -2.85. The standard InChI is InChI=1S/C11H14F2O2/c1-7-4-5-9(15-3)8(6-7)11(2,14)10(12)13/h4-6,10,14H,1-3H3. The largest absolute Gasteiger partial charge is 0.496 e. The number of hydrogen-bond acceptors (Lipinski definition) is 2. The first-order valence-electron chi connectivity index (χ1n) is 4.55. The molecule has 0 aliphatic rings. The van der Waals surface area contributed by atoms with Gasteiger partial charge in [-0.1, -0.05) is 11.6 Å². The van der Waals surface area contributed by atoms with Gasteiger partial charge in [0.1, 0.15) is 5.75 Å². The summed E-state index contributed by atoms with van der Waals surface area (Å²) in [5, 5.41) is 9.67. The van der Waals surface area contributed by atoms with Crippen LogP contribution in [0.1, 0.15) is 18.1 Å². The van der Waals surface area contributed by atoms with Gasteiger partial charge in [0.15, 0.2) is 5.60 Å². The molecule has 0 bridgehead atoms. The number of aliphatic hydroxyl groups is 1. The van der Waals surface area contributed by atoms with E-state index in [9.17, 15) is 13.9 Å². The molecule has 0 saturated carbocycles. The van der Waals surface area contributed by atoms with E-state index in [0.717, 1.165) is 12.5 Å². The zero-order chi connectivity index (χ0) is 11.6. The maximum absolute atomic E-state index is 12.6. The third-order valence-electron chi connectivity index (χ3n) is 2.33. The third kappa shape index (κ3) is 2.26. The Morgan fingerprint density at radius 1 is 1.40 bits per heavy atom. The first-order chi connectivity index (χ1) is 6.89. The van der Waals surface area contributed by atoms with Gasteiger partial charge < -0.3 is 9.84 Å². The van der Waals surface area contributed by atoms with Crippen LogP contribution in [0.4, 0.5) is 8.78 Å². The molecule has 1 aromatic rings. The predicted octanol–water partition coefficient (Wildman–Crippen LogP) is 2.48. The molecule has 15 heavy (non-hydrogen) atoms. The Morgan fingerprint density at radius 2 is 2.00 bits per heavy atom. The van der Waals surface area contributed by atoms with E-state index in [4.69, 9.17) is 4.74 Å². The summed E-state index contributed by atoms with van der Waals surface area (Å²) in [6, 6.07) is 4.82. The van der Waals surface area contributed by atoms with Crippen molar-refractivity contribution < 1.29 is 18.6 Å². The molecule has 0 spiro atoms. The van der Waals surface area contributed by atoms with Gasteiger partial charge >= 0.3 is 0 Å². The van der Waals surface area contributed by atoms with Gasteiger partial charge in [0.2, 0.25) is 0 Å². The highest BCUT2D eigenvalue weighted by atomic mass is 19.3. The molecule has 4 heteroatoms. The molecule has 84 valence electrons. The number of methoxy groups -OCH3 is 1. The van der Waals surface area contributed by atoms with Crippen LogP contribution in [0.15, 0.2) is 18.2 Å². The summed E-state index contributed by atoms with van der Waals surface area (Å²) in [6.45, 7) is 2.85. The van der Waals surface area contributed by atoms with E-state index in [1.165, 1.54) is 13.2 Å². The van der Waals surface area contributed by atoms with Crippen molar-refractivity contribution in [1.29, 1.82) is 0 Å². The molecule has 0 amide bonds. The van der Waals surface area contributed by atoms with E-state index in [2.05, 4.69) is 0 Å². The topological polar surface area (TPSA) is 29.5 Å². The van der Waals surface area contributed by atoms with Crippen LogP contribution in [-0.2, 0) is 5.60 Å². The molecule has 1 unspecified atom stereocenters.